The SMILES string of the molecule is CC(=O)N1C[C@@H]2CCN(Cc3ccc(Br)o3)C[C@]2(CO)C1. The van der Waals surface area contributed by atoms with Crippen molar-refractivity contribution >= 4 is 21.8 Å². The van der Waals surface area contributed by atoms with Gasteiger partial charge in [-0.15, -0.1) is 0 Å². The number of amides is 1. The van der Waals surface area contributed by atoms with E-state index in [0.29, 0.717) is 12.5 Å². The Morgan fingerprint density at radius 3 is 2.95 bits per heavy atom. The third-order valence-electron chi connectivity index (χ3n) is 4.91. The highest BCUT2D eigenvalue weighted by molar-refractivity contribution is 9.10. The third kappa shape index (κ3) is 2.89. The van der Waals surface area contributed by atoms with E-state index in [0.717, 1.165) is 43.0 Å². The average Bonchev–Trinajstić information content (AvgIpc) is 3.02. The molecule has 21 heavy (non-hydrogen) atoms. The van der Waals surface area contributed by atoms with Gasteiger partial charge in [0.2, 0.25) is 5.91 Å². The van der Waals surface area contributed by atoms with Crippen LogP contribution in [0.5, 0.6) is 0 Å². The fourth-order valence-corrected chi connectivity index (χ4v) is 4.07. The zero-order chi connectivity index (χ0) is 15.0. The fourth-order valence-electron chi connectivity index (χ4n) is 3.73. The molecule has 116 valence electrons. The number of hydrogen-bond acceptors (Lipinski definition) is 4. The quantitative estimate of drug-likeness (QED) is 0.895. The molecule has 2 saturated heterocycles. The van der Waals surface area contributed by atoms with Gasteiger partial charge in [0.05, 0.1) is 13.2 Å². The summed E-state index contributed by atoms with van der Waals surface area (Å²) in [5, 5.41) is 9.94. The van der Waals surface area contributed by atoms with E-state index in [9.17, 15) is 9.90 Å². The van der Waals surface area contributed by atoms with Crippen LogP contribution in [0.1, 0.15) is 19.1 Å². The molecule has 2 atom stereocenters. The highest BCUT2D eigenvalue weighted by Crippen LogP contribution is 2.42. The van der Waals surface area contributed by atoms with Crippen molar-refractivity contribution in [1.82, 2.24) is 9.80 Å². The molecule has 6 heteroatoms. The standard InChI is InChI=1S/C15H21BrN2O3/c1-11(20)18-6-12-4-5-17(8-15(12,9-18)10-19)7-13-2-3-14(16)21-13/h2-3,12,19H,4-10H2,1H3/t12-,15+/m0/s1. The van der Waals surface area contributed by atoms with Gasteiger partial charge in [0, 0.05) is 32.0 Å². The molecule has 0 unspecified atom stereocenters. The predicted octanol–water partition coefficient (Wildman–Crippen LogP) is 1.70. The number of piperidine rings is 1. The monoisotopic (exact) mass is 356 g/mol. The summed E-state index contributed by atoms with van der Waals surface area (Å²) in [5.41, 5.74) is -0.173. The molecule has 2 fully saturated rings. The van der Waals surface area contributed by atoms with Crippen LogP contribution in [0.3, 0.4) is 0 Å². The van der Waals surface area contributed by atoms with E-state index in [1.807, 2.05) is 17.0 Å². The number of hydrogen-bond donors (Lipinski definition) is 1. The molecule has 0 aromatic carbocycles. The number of carbonyl (C=O) groups excluding carboxylic acids is 1. The van der Waals surface area contributed by atoms with Gasteiger partial charge < -0.3 is 14.4 Å². The van der Waals surface area contributed by atoms with Crippen molar-refractivity contribution in [3.63, 3.8) is 0 Å². The van der Waals surface area contributed by atoms with Crippen LogP contribution in [-0.4, -0.2) is 53.6 Å². The molecular weight excluding hydrogens is 336 g/mol. The molecule has 1 N–H and O–H groups in total. The van der Waals surface area contributed by atoms with Crippen LogP contribution in [0.2, 0.25) is 0 Å². The summed E-state index contributed by atoms with van der Waals surface area (Å²) in [4.78, 5) is 15.8. The van der Waals surface area contributed by atoms with Crippen LogP contribution in [0.15, 0.2) is 21.2 Å². The molecule has 2 aliphatic rings. The van der Waals surface area contributed by atoms with E-state index >= 15 is 0 Å². The van der Waals surface area contributed by atoms with Crippen molar-refractivity contribution in [2.75, 3.05) is 32.8 Å². The molecule has 0 bridgehead atoms. The number of aliphatic hydroxyl groups is 1. The van der Waals surface area contributed by atoms with Crippen molar-refractivity contribution in [3.8, 4) is 0 Å². The second-order valence-electron chi connectivity index (χ2n) is 6.32. The summed E-state index contributed by atoms with van der Waals surface area (Å²) >= 11 is 3.32. The highest BCUT2D eigenvalue weighted by atomic mass is 79.9. The molecule has 3 heterocycles. The largest absolute Gasteiger partial charge is 0.453 e. The first-order valence-electron chi connectivity index (χ1n) is 7.35. The van der Waals surface area contributed by atoms with Crippen molar-refractivity contribution < 1.29 is 14.3 Å². The molecule has 5 nitrogen and oxygen atoms in total. The van der Waals surface area contributed by atoms with E-state index in [-0.39, 0.29) is 17.9 Å². The van der Waals surface area contributed by atoms with Gasteiger partial charge in [0.15, 0.2) is 4.67 Å². The lowest BCUT2D eigenvalue weighted by Gasteiger charge is -2.42. The van der Waals surface area contributed by atoms with E-state index in [1.165, 1.54) is 0 Å². The van der Waals surface area contributed by atoms with Crippen molar-refractivity contribution in [1.29, 1.82) is 0 Å². The highest BCUT2D eigenvalue weighted by Gasteiger charge is 2.49. The summed E-state index contributed by atoms with van der Waals surface area (Å²) in [6.45, 7) is 5.76. The Morgan fingerprint density at radius 1 is 1.52 bits per heavy atom. The van der Waals surface area contributed by atoms with Crippen LogP contribution in [0.4, 0.5) is 0 Å². The lowest BCUT2D eigenvalue weighted by molar-refractivity contribution is -0.128. The summed E-state index contributed by atoms with van der Waals surface area (Å²) in [5.74, 6) is 1.44. The Bertz CT molecular complexity index is 533. The maximum absolute atomic E-state index is 11.6. The first-order chi connectivity index (χ1) is 10.0. The zero-order valence-corrected chi connectivity index (χ0v) is 13.8. The lowest BCUT2D eigenvalue weighted by atomic mass is 9.74. The van der Waals surface area contributed by atoms with Crippen LogP contribution < -0.4 is 0 Å². The van der Waals surface area contributed by atoms with E-state index in [4.69, 9.17) is 4.42 Å². The predicted molar refractivity (Wildman–Crippen MR) is 81.6 cm³/mol. The van der Waals surface area contributed by atoms with Crippen LogP contribution in [-0.2, 0) is 11.3 Å². The van der Waals surface area contributed by atoms with E-state index < -0.39 is 0 Å². The maximum atomic E-state index is 11.6. The maximum Gasteiger partial charge on any atom is 0.219 e. The van der Waals surface area contributed by atoms with Gasteiger partial charge in [-0.05, 0) is 46.9 Å². The van der Waals surface area contributed by atoms with Gasteiger partial charge in [-0.1, -0.05) is 0 Å². The van der Waals surface area contributed by atoms with Crippen molar-refractivity contribution in [3.05, 3.63) is 22.6 Å². The van der Waals surface area contributed by atoms with Crippen molar-refractivity contribution in [2.24, 2.45) is 11.3 Å². The minimum Gasteiger partial charge on any atom is -0.453 e. The summed E-state index contributed by atoms with van der Waals surface area (Å²) in [6.07, 6.45) is 1.02. The Kier molecular flexibility index (Phi) is 4.12. The van der Waals surface area contributed by atoms with Gasteiger partial charge in [0.25, 0.3) is 0 Å². The molecule has 3 rings (SSSR count). The normalized spacial score (nSPS) is 29.7. The molecule has 0 spiro atoms. The molecule has 0 radical (unpaired) electrons. The van der Waals surface area contributed by atoms with Crippen LogP contribution in [0.25, 0.3) is 0 Å². The Labute approximate surface area is 133 Å². The molecular formula is C15H21BrN2O3. The average molecular weight is 357 g/mol. The number of likely N-dealkylation sites (tertiary alicyclic amines) is 2. The zero-order valence-electron chi connectivity index (χ0n) is 12.2. The Morgan fingerprint density at radius 2 is 2.33 bits per heavy atom. The second-order valence-corrected chi connectivity index (χ2v) is 7.10. The number of furan rings is 1. The van der Waals surface area contributed by atoms with Gasteiger partial charge in [-0.3, -0.25) is 9.69 Å². The second kappa shape index (κ2) is 5.74. The van der Waals surface area contributed by atoms with Gasteiger partial charge in [-0.25, -0.2) is 0 Å². The topological polar surface area (TPSA) is 56.9 Å². The van der Waals surface area contributed by atoms with Gasteiger partial charge in [0.1, 0.15) is 5.76 Å². The van der Waals surface area contributed by atoms with Gasteiger partial charge in [-0.2, -0.15) is 0 Å². The fraction of sp³-hybridized carbons (Fsp3) is 0.667. The minimum atomic E-state index is -0.173. The third-order valence-corrected chi connectivity index (χ3v) is 5.34. The number of carbonyl (C=O) groups is 1. The number of fused-ring (bicyclic) bond motifs is 1. The number of rotatable bonds is 3. The molecule has 1 amide bonds. The van der Waals surface area contributed by atoms with Gasteiger partial charge >= 0.3 is 0 Å². The minimum absolute atomic E-state index is 0.110. The Hall–Kier alpha value is -0.850. The molecule has 1 aromatic rings. The summed E-state index contributed by atoms with van der Waals surface area (Å²) in [7, 11) is 0. The first-order valence-corrected chi connectivity index (χ1v) is 8.15. The molecule has 1 aromatic heterocycles. The summed E-state index contributed by atoms with van der Waals surface area (Å²) < 4.78 is 6.31. The summed E-state index contributed by atoms with van der Waals surface area (Å²) in [6, 6.07) is 3.87. The smallest absolute Gasteiger partial charge is 0.219 e. The number of nitrogens with zero attached hydrogens (tertiary/aromatic N) is 2. The van der Waals surface area contributed by atoms with Crippen LogP contribution in [0, 0.1) is 11.3 Å². The van der Waals surface area contributed by atoms with Crippen molar-refractivity contribution in [2.45, 2.75) is 19.9 Å². The molecule has 0 aliphatic carbocycles. The van der Waals surface area contributed by atoms with E-state index in [2.05, 4.69) is 20.8 Å². The van der Waals surface area contributed by atoms with E-state index in [1.54, 1.807) is 6.92 Å². The number of aliphatic hydroxyl groups excluding tert-OH is 1. The number of halogens is 1. The molecule has 2 aliphatic heterocycles. The van der Waals surface area contributed by atoms with Crippen LogP contribution >= 0.6 is 15.9 Å². The first kappa shape index (κ1) is 15.1. The molecule has 0 saturated carbocycles. The Balaban J connectivity index is 1.71. The lowest BCUT2D eigenvalue weighted by Crippen LogP contribution is -2.50.